The Bertz CT molecular complexity index is 328. The minimum absolute atomic E-state index is 0. The van der Waals surface area contributed by atoms with Crippen LogP contribution in [0.5, 0.6) is 0 Å². The fourth-order valence-corrected chi connectivity index (χ4v) is 2.00. The van der Waals surface area contributed by atoms with Gasteiger partial charge in [0, 0.05) is 31.5 Å². The summed E-state index contributed by atoms with van der Waals surface area (Å²) in [4.78, 5) is 10.5. The topological polar surface area (TPSA) is 41.1 Å². The van der Waals surface area contributed by atoms with Crippen LogP contribution < -0.4 is 5.32 Å². The molecule has 0 amide bonds. The average Bonchev–Trinajstić information content (AvgIpc) is 2.74. The van der Waals surface area contributed by atoms with Crippen molar-refractivity contribution >= 4 is 24.0 Å². The first kappa shape index (κ1) is 13.6. The van der Waals surface area contributed by atoms with Crippen molar-refractivity contribution in [2.45, 2.75) is 19.0 Å². The van der Waals surface area contributed by atoms with E-state index in [-0.39, 0.29) is 12.4 Å². The van der Waals surface area contributed by atoms with E-state index in [1.165, 1.54) is 6.42 Å². The van der Waals surface area contributed by atoms with Gasteiger partial charge in [0.25, 0.3) is 0 Å². The third-order valence-electron chi connectivity index (χ3n) is 2.78. The Hall–Kier alpha value is -0.420. The fraction of sp³-hybridized carbons (Fsp3) is 0.600. The molecule has 0 aromatic carbocycles. The summed E-state index contributed by atoms with van der Waals surface area (Å²) in [7, 11) is 2.10. The smallest absolute Gasteiger partial charge is 0.151 e. The first-order valence-corrected chi connectivity index (χ1v) is 5.51. The zero-order valence-corrected chi connectivity index (χ0v) is 10.8. The van der Waals surface area contributed by atoms with Crippen molar-refractivity contribution in [1.82, 2.24) is 20.2 Å². The summed E-state index contributed by atoms with van der Waals surface area (Å²) in [6.45, 7) is 2.91. The quantitative estimate of drug-likeness (QED) is 0.893. The normalized spacial score (nSPS) is 19.8. The molecule has 2 rings (SSSR count). The molecule has 0 bridgehead atoms. The summed E-state index contributed by atoms with van der Waals surface area (Å²) in [6, 6.07) is 0.586. The summed E-state index contributed by atoms with van der Waals surface area (Å²) >= 11 is 5.96. The van der Waals surface area contributed by atoms with Gasteiger partial charge in [-0.3, -0.25) is 9.88 Å². The number of nitrogens with zero attached hydrogens (tertiary/aromatic N) is 3. The van der Waals surface area contributed by atoms with Gasteiger partial charge in [-0.25, -0.2) is 4.98 Å². The maximum Gasteiger partial charge on any atom is 0.151 e. The van der Waals surface area contributed by atoms with E-state index in [0.29, 0.717) is 11.2 Å². The fourth-order valence-electron chi connectivity index (χ4n) is 1.84. The Morgan fingerprint density at radius 2 is 2.25 bits per heavy atom. The van der Waals surface area contributed by atoms with Crippen molar-refractivity contribution < 1.29 is 0 Å². The van der Waals surface area contributed by atoms with Crippen LogP contribution in [0.25, 0.3) is 0 Å². The summed E-state index contributed by atoms with van der Waals surface area (Å²) < 4.78 is 0. The molecular formula is C10H16Cl2N4. The molecule has 16 heavy (non-hydrogen) atoms. The molecule has 1 N–H and O–H groups in total. The van der Waals surface area contributed by atoms with E-state index >= 15 is 0 Å². The molecule has 4 nitrogen and oxygen atoms in total. The highest BCUT2D eigenvalue weighted by Crippen LogP contribution is 2.14. The van der Waals surface area contributed by atoms with Crippen LogP contribution in [-0.2, 0) is 6.54 Å². The number of aromatic nitrogens is 2. The monoisotopic (exact) mass is 262 g/mol. The molecule has 0 spiro atoms. The molecule has 1 aliphatic heterocycles. The SMILES string of the molecule is CN(Cc1nccnc1Cl)C1CCNC1.Cl. The van der Waals surface area contributed by atoms with Gasteiger partial charge in [-0.05, 0) is 20.0 Å². The molecule has 1 aromatic heterocycles. The maximum absolute atomic E-state index is 5.96. The Balaban J connectivity index is 0.00000128. The van der Waals surface area contributed by atoms with E-state index < -0.39 is 0 Å². The summed E-state index contributed by atoms with van der Waals surface area (Å²) in [5.74, 6) is 0. The van der Waals surface area contributed by atoms with Gasteiger partial charge in [0.2, 0.25) is 0 Å². The summed E-state index contributed by atoms with van der Waals surface area (Å²) in [5, 5.41) is 3.85. The maximum atomic E-state index is 5.96. The number of hydrogen-bond donors (Lipinski definition) is 1. The zero-order chi connectivity index (χ0) is 10.7. The van der Waals surface area contributed by atoms with Gasteiger partial charge in [-0.15, -0.1) is 12.4 Å². The highest BCUT2D eigenvalue weighted by atomic mass is 35.5. The van der Waals surface area contributed by atoms with Gasteiger partial charge < -0.3 is 5.32 Å². The van der Waals surface area contributed by atoms with Crippen LogP contribution in [0.3, 0.4) is 0 Å². The Morgan fingerprint density at radius 3 is 2.88 bits per heavy atom. The lowest BCUT2D eigenvalue weighted by Gasteiger charge is -2.22. The van der Waals surface area contributed by atoms with Crippen LogP contribution in [0.15, 0.2) is 12.4 Å². The highest BCUT2D eigenvalue weighted by molar-refractivity contribution is 6.29. The highest BCUT2D eigenvalue weighted by Gasteiger charge is 2.20. The Morgan fingerprint density at radius 1 is 1.50 bits per heavy atom. The van der Waals surface area contributed by atoms with Crippen LogP contribution >= 0.6 is 24.0 Å². The molecule has 90 valence electrons. The first-order chi connectivity index (χ1) is 7.27. The molecule has 1 unspecified atom stereocenters. The molecule has 0 saturated carbocycles. The van der Waals surface area contributed by atoms with Gasteiger partial charge in [0.05, 0.1) is 5.69 Å². The number of hydrogen-bond acceptors (Lipinski definition) is 4. The van der Waals surface area contributed by atoms with E-state index in [9.17, 15) is 0 Å². The minimum Gasteiger partial charge on any atom is -0.315 e. The zero-order valence-electron chi connectivity index (χ0n) is 9.19. The van der Waals surface area contributed by atoms with Gasteiger partial charge in [-0.1, -0.05) is 11.6 Å². The molecule has 6 heteroatoms. The van der Waals surface area contributed by atoms with E-state index in [0.717, 1.165) is 25.3 Å². The number of nitrogens with one attached hydrogen (secondary N) is 1. The lowest BCUT2D eigenvalue weighted by Crippen LogP contribution is -2.33. The van der Waals surface area contributed by atoms with Gasteiger partial charge in [-0.2, -0.15) is 0 Å². The second kappa shape index (κ2) is 6.35. The summed E-state index contributed by atoms with van der Waals surface area (Å²) in [5.41, 5.74) is 0.855. The first-order valence-electron chi connectivity index (χ1n) is 5.13. The third-order valence-corrected chi connectivity index (χ3v) is 3.10. The van der Waals surface area contributed by atoms with Crippen molar-refractivity contribution in [3.8, 4) is 0 Å². The predicted molar refractivity (Wildman–Crippen MR) is 67.0 cm³/mol. The predicted octanol–water partition coefficient (Wildman–Crippen LogP) is 1.35. The molecule has 1 aliphatic rings. The van der Waals surface area contributed by atoms with Crippen molar-refractivity contribution in [2.75, 3.05) is 20.1 Å². The van der Waals surface area contributed by atoms with Crippen molar-refractivity contribution in [3.05, 3.63) is 23.2 Å². The van der Waals surface area contributed by atoms with Crippen LogP contribution in [-0.4, -0.2) is 41.0 Å². The molecule has 0 radical (unpaired) electrons. The van der Waals surface area contributed by atoms with Crippen LogP contribution in [0.4, 0.5) is 0 Å². The molecular weight excluding hydrogens is 247 g/mol. The number of halogens is 2. The Labute approximate surface area is 107 Å². The molecule has 1 saturated heterocycles. The van der Waals surface area contributed by atoms with Crippen LogP contribution in [0.2, 0.25) is 5.15 Å². The molecule has 1 fully saturated rings. The Kier molecular flexibility index (Phi) is 5.41. The van der Waals surface area contributed by atoms with E-state index in [2.05, 4.69) is 27.2 Å². The lowest BCUT2D eigenvalue weighted by atomic mass is 10.2. The van der Waals surface area contributed by atoms with Crippen LogP contribution in [0.1, 0.15) is 12.1 Å². The standard InChI is InChI=1S/C10H15ClN4.ClH/c1-15(8-2-3-12-6-8)7-9-10(11)14-5-4-13-9;/h4-5,8,12H,2-3,6-7H2,1H3;1H. The molecule has 2 heterocycles. The largest absolute Gasteiger partial charge is 0.315 e. The second-order valence-corrected chi connectivity index (χ2v) is 4.21. The third kappa shape index (κ3) is 3.28. The van der Waals surface area contributed by atoms with E-state index in [1.807, 2.05) is 0 Å². The molecule has 1 atom stereocenters. The van der Waals surface area contributed by atoms with E-state index in [4.69, 9.17) is 11.6 Å². The second-order valence-electron chi connectivity index (χ2n) is 3.86. The average molecular weight is 263 g/mol. The van der Waals surface area contributed by atoms with Gasteiger partial charge >= 0.3 is 0 Å². The lowest BCUT2D eigenvalue weighted by molar-refractivity contribution is 0.246. The van der Waals surface area contributed by atoms with Gasteiger partial charge in [0.1, 0.15) is 0 Å². The van der Waals surface area contributed by atoms with Crippen molar-refractivity contribution in [3.63, 3.8) is 0 Å². The molecule has 1 aromatic rings. The summed E-state index contributed by atoms with van der Waals surface area (Å²) in [6.07, 6.45) is 4.49. The van der Waals surface area contributed by atoms with Crippen LogP contribution in [0, 0.1) is 0 Å². The minimum atomic E-state index is 0. The van der Waals surface area contributed by atoms with Crippen molar-refractivity contribution in [1.29, 1.82) is 0 Å². The van der Waals surface area contributed by atoms with Gasteiger partial charge in [0.15, 0.2) is 5.15 Å². The van der Waals surface area contributed by atoms with E-state index in [1.54, 1.807) is 12.4 Å². The molecule has 0 aliphatic carbocycles. The number of likely N-dealkylation sites (N-methyl/N-ethyl adjacent to an activating group) is 1. The van der Waals surface area contributed by atoms with Crippen molar-refractivity contribution in [2.24, 2.45) is 0 Å². The number of rotatable bonds is 3.